The van der Waals surface area contributed by atoms with Gasteiger partial charge in [-0.15, -0.1) is 0 Å². The Morgan fingerprint density at radius 3 is 2.48 bits per heavy atom. The molecule has 1 atom stereocenters. The van der Waals surface area contributed by atoms with Crippen molar-refractivity contribution in [2.24, 2.45) is 5.92 Å². The Balaban J connectivity index is 1.74. The predicted octanol–water partition coefficient (Wildman–Crippen LogP) is 5.26. The Labute approximate surface area is 152 Å². The summed E-state index contributed by atoms with van der Waals surface area (Å²) in [7, 11) is 0. The fraction of sp³-hybridized carbons (Fsp3) is 0.455. The second kappa shape index (κ2) is 10.8. The zero-order valence-electron chi connectivity index (χ0n) is 15.8. The molecule has 2 aromatic rings. The smallest absolute Gasteiger partial charge is 0.121 e. The molecular formula is C22H32N2O. The summed E-state index contributed by atoms with van der Waals surface area (Å²) in [6.45, 7) is 9.24. The Morgan fingerprint density at radius 1 is 0.960 bits per heavy atom. The number of rotatable bonds is 11. The first kappa shape index (κ1) is 19.3. The maximum atomic E-state index is 5.82. The third-order valence-corrected chi connectivity index (χ3v) is 4.25. The Bertz CT molecular complexity index is 598. The van der Waals surface area contributed by atoms with Crippen LogP contribution >= 0.6 is 0 Å². The van der Waals surface area contributed by atoms with Crippen molar-refractivity contribution in [3.63, 3.8) is 0 Å². The number of nitrogens with one attached hydrogen (secondary N) is 2. The minimum absolute atomic E-state index is 0.411. The molecule has 0 saturated carbocycles. The Kier molecular flexibility index (Phi) is 8.33. The Morgan fingerprint density at radius 2 is 1.76 bits per heavy atom. The normalized spacial score (nSPS) is 12.2. The lowest BCUT2D eigenvalue weighted by Crippen LogP contribution is -2.26. The van der Waals surface area contributed by atoms with Gasteiger partial charge >= 0.3 is 0 Å². The molecule has 2 aromatic carbocycles. The molecule has 0 aliphatic carbocycles. The summed E-state index contributed by atoms with van der Waals surface area (Å²) in [6.07, 6.45) is 2.17. The lowest BCUT2D eigenvalue weighted by molar-refractivity contribution is 0.289. The summed E-state index contributed by atoms with van der Waals surface area (Å²) >= 11 is 0. The first-order valence-electron chi connectivity index (χ1n) is 9.44. The van der Waals surface area contributed by atoms with Gasteiger partial charge < -0.3 is 15.4 Å². The fourth-order valence-corrected chi connectivity index (χ4v) is 2.74. The van der Waals surface area contributed by atoms with E-state index in [1.54, 1.807) is 0 Å². The number of benzene rings is 2. The highest BCUT2D eigenvalue weighted by atomic mass is 16.5. The molecule has 2 rings (SSSR count). The molecule has 0 fully saturated rings. The van der Waals surface area contributed by atoms with Crippen LogP contribution < -0.4 is 15.4 Å². The molecule has 25 heavy (non-hydrogen) atoms. The van der Waals surface area contributed by atoms with Crippen molar-refractivity contribution in [1.29, 1.82) is 0 Å². The third kappa shape index (κ3) is 7.18. The van der Waals surface area contributed by atoms with Crippen LogP contribution in [0.5, 0.6) is 5.75 Å². The van der Waals surface area contributed by atoms with Gasteiger partial charge in [-0.25, -0.2) is 0 Å². The molecule has 0 aromatic heterocycles. The quantitative estimate of drug-likeness (QED) is 0.547. The van der Waals surface area contributed by atoms with Gasteiger partial charge in [-0.2, -0.15) is 0 Å². The maximum absolute atomic E-state index is 5.82. The van der Waals surface area contributed by atoms with Gasteiger partial charge in [0.15, 0.2) is 0 Å². The van der Waals surface area contributed by atoms with Crippen LogP contribution in [0.25, 0.3) is 0 Å². The molecule has 2 N–H and O–H groups in total. The van der Waals surface area contributed by atoms with Gasteiger partial charge in [0.1, 0.15) is 5.75 Å². The van der Waals surface area contributed by atoms with E-state index in [0.29, 0.717) is 12.0 Å². The van der Waals surface area contributed by atoms with E-state index in [2.05, 4.69) is 73.9 Å². The molecule has 0 aliphatic rings. The van der Waals surface area contributed by atoms with Crippen molar-refractivity contribution in [3.05, 3.63) is 60.2 Å². The molecule has 3 nitrogen and oxygen atoms in total. The number of anilines is 1. The van der Waals surface area contributed by atoms with Gasteiger partial charge in [-0.05, 0) is 36.5 Å². The van der Waals surface area contributed by atoms with Crippen LogP contribution in [0.3, 0.4) is 0 Å². The number of hydrogen-bond acceptors (Lipinski definition) is 3. The van der Waals surface area contributed by atoms with Gasteiger partial charge in [0.05, 0.1) is 6.61 Å². The summed E-state index contributed by atoms with van der Waals surface area (Å²) in [5, 5.41) is 7.10. The van der Waals surface area contributed by atoms with Gasteiger partial charge in [0, 0.05) is 30.9 Å². The van der Waals surface area contributed by atoms with Crippen LogP contribution in [-0.2, 0) is 0 Å². The molecule has 1 unspecified atom stereocenters. The minimum Gasteiger partial charge on any atom is -0.494 e. The molecule has 136 valence electrons. The van der Waals surface area contributed by atoms with E-state index < -0.39 is 0 Å². The van der Waals surface area contributed by atoms with Gasteiger partial charge in [-0.3, -0.25) is 0 Å². The molecule has 0 bridgehead atoms. The molecule has 0 saturated heterocycles. The lowest BCUT2D eigenvalue weighted by Gasteiger charge is -2.18. The predicted molar refractivity (Wildman–Crippen MR) is 107 cm³/mol. The summed E-state index contributed by atoms with van der Waals surface area (Å²) in [5.41, 5.74) is 2.46. The topological polar surface area (TPSA) is 33.3 Å². The zero-order chi connectivity index (χ0) is 17.9. The van der Waals surface area contributed by atoms with Crippen LogP contribution in [0.15, 0.2) is 54.6 Å². The number of hydrogen-bond donors (Lipinski definition) is 2. The van der Waals surface area contributed by atoms with E-state index >= 15 is 0 Å². The molecule has 0 amide bonds. The molecule has 0 aliphatic heterocycles. The van der Waals surface area contributed by atoms with Gasteiger partial charge in [0.2, 0.25) is 0 Å². The van der Waals surface area contributed by atoms with Crippen molar-refractivity contribution in [3.8, 4) is 5.75 Å². The average molecular weight is 341 g/mol. The molecule has 3 heteroatoms. The Hall–Kier alpha value is -2.00. The third-order valence-electron chi connectivity index (χ3n) is 4.25. The summed E-state index contributed by atoms with van der Waals surface area (Å²) in [6, 6.07) is 19.3. The van der Waals surface area contributed by atoms with Crippen LogP contribution in [0.1, 0.15) is 45.2 Å². The van der Waals surface area contributed by atoms with Crippen molar-refractivity contribution in [2.45, 2.75) is 39.7 Å². The standard InChI is InChI=1S/C22H32N2O/c1-4-22(19-9-6-5-7-10-19)24-15-14-23-20-11-8-12-21(17-20)25-16-13-18(2)3/h5-12,17-18,22-24H,4,13-16H2,1-3H3. The first-order valence-corrected chi connectivity index (χ1v) is 9.44. The molecule has 0 radical (unpaired) electrons. The molecule has 0 spiro atoms. The number of ether oxygens (including phenoxy) is 1. The van der Waals surface area contributed by atoms with Gasteiger partial charge in [0.25, 0.3) is 0 Å². The highest BCUT2D eigenvalue weighted by Gasteiger charge is 2.07. The second-order valence-electron chi connectivity index (χ2n) is 6.81. The lowest BCUT2D eigenvalue weighted by atomic mass is 10.0. The van der Waals surface area contributed by atoms with E-state index in [9.17, 15) is 0 Å². The summed E-state index contributed by atoms with van der Waals surface area (Å²) < 4.78 is 5.82. The average Bonchev–Trinajstić information content (AvgIpc) is 2.63. The van der Waals surface area contributed by atoms with E-state index in [1.165, 1.54) is 5.56 Å². The largest absolute Gasteiger partial charge is 0.494 e. The van der Waals surface area contributed by atoms with Crippen molar-refractivity contribution in [1.82, 2.24) is 5.32 Å². The summed E-state index contributed by atoms with van der Waals surface area (Å²) in [4.78, 5) is 0. The fourth-order valence-electron chi connectivity index (χ4n) is 2.74. The van der Waals surface area contributed by atoms with Crippen molar-refractivity contribution >= 4 is 5.69 Å². The van der Waals surface area contributed by atoms with E-state index in [4.69, 9.17) is 4.74 Å². The minimum atomic E-state index is 0.411. The van der Waals surface area contributed by atoms with Crippen LogP contribution in [0.4, 0.5) is 5.69 Å². The van der Waals surface area contributed by atoms with Gasteiger partial charge in [-0.1, -0.05) is 57.2 Å². The maximum Gasteiger partial charge on any atom is 0.121 e. The summed E-state index contributed by atoms with van der Waals surface area (Å²) in [5.74, 6) is 1.61. The molecular weight excluding hydrogens is 308 g/mol. The van der Waals surface area contributed by atoms with Crippen LogP contribution in [-0.4, -0.2) is 19.7 Å². The first-order chi connectivity index (χ1) is 12.2. The van der Waals surface area contributed by atoms with E-state index in [-0.39, 0.29) is 0 Å². The monoisotopic (exact) mass is 340 g/mol. The SMILES string of the molecule is CCC(NCCNc1cccc(OCCC(C)C)c1)c1ccccc1. The van der Waals surface area contributed by atoms with Crippen LogP contribution in [0, 0.1) is 5.92 Å². The van der Waals surface area contributed by atoms with E-state index in [0.717, 1.165) is 44.0 Å². The molecule has 0 heterocycles. The van der Waals surface area contributed by atoms with Crippen LogP contribution in [0.2, 0.25) is 0 Å². The second-order valence-corrected chi connectivity index (χ2v) is 6.81. The zero-order valence-corrected chi connectivity index (χ0v) is 15.8. The van der Waals surface area contributed by atoms with Crippen molar-refractivity contribution in [2.75, 3.05) is 25.0 Å². The van der Waals surface area contributed by atoms with E-state index in [1.807, 2.05) is 12.1 Å². The highest BCUT2D eigenvalue weighted by molar-refractivity contribution is 5.48. The van der Waals surface area contributed by atoms with Crippen molar-refractivity contribution < 1.29 is 4.74 Å². The highest BCUT2D eigenvalue weighted by Crippen LogP contribution is 2.18.